The van der Waals surface area contributed by atoms with E-state index < -0.39 is 0 Å². The van der Waals surface area contributed by atoms with Crippen molar-refractivity contribution in [1.29, 1.82) is 0 Å². The molecule has 3 rings (SSSR count). The molecule has 8 nitrogen and oxygen atoms in total. The smallest absolute Gasteiger partial charge is 0.224 e. The van der Waals surface area contributed by atoms with E-state index in [2.05, 4.69) is 20.4 Å². The van der Waals surface area contributed by atoms with E-state index in [4.69, 9.17) is 4.74 Å². The van der Waals surface area contributed by atoms with Crippen LogP contribution in [0.4, 0.5) is 5.82 Å². The first-order chi connectivity index (χ1) is 11.4. The van der Waals surface area contributed by atoms with Crippen LogP contribution in [0.3, 0.4) is 0 Å². The molecule has 2 aromatic rings. The van der Waals surface area contributed by atoms with Crippen LogP contribution in [-0.4, -0.2) is 62.4 Å². The molecule has 130 valence electrons. The molecule has 24 heavy (non-hydrogen) atoms. The molecule has 0 bridgehead atoms. The summed E-state index contributed by atoms with van der Waals surface area (Å²) in [5, 5.41) is 8.33. The van der Waals surface area contributed by atoms with E-state index in [0.717, 1.165) is 16.9 Å². The Balaban J connectivity index is 1.61. The minimum absolute atomic E-state index is 0.0881. The fourth-order valence-electron chi connectivity index (χ4n) is 3.09. The first-order valence-electron chi connectivity index (χ1n) is 8.27. The quantitative estimate of drug-likeness (QED) is 0.903. The maximum absolute atomic E-state index is 12.4. The average Bonchev–Trinajstić information content (AvgIpc) is 2.87. The van der Waals surface area contributed by atoms with E-state index in [1.807, 2.05) is 32.7 Å². The predicted octanol–water partition coefficient (Wildman–Crippen LogP) is 1.11. The number of nitrogens with one attached hydrogen (secondary N) is 1. The molecule has 1 aliphatic rings. The van der Waals surface area contributed by atoms with Crippen molar-refractivity contribution in [2.45, 2.75) is 39.4 Å². The highest BCUT2D eigenvalue weighted by Gasteiger charge is 2.25. The summed E-state index contributed by atoms with van der Waals surface area (Å²) in [7, 11) is 1.85. The van der Waals surface area contributed by atoms with Crippen molar-refractivity contribution >= 4 is 22.8 Å². The Hall–Kier alpha value is -2.22. The van der Waals surface area contributed by atoms with Gasteiger partial charge < -0.3 is 15.0 Å². The summed E-state index contributed by atoms with van der Waals surface area (Å²) >= 11 is 0. The van der Waals surface area contributed by atoms with E-state index in [-0.39, 0.29) is 18.1 Å². The number of carbonyl (C=O) groups excluding carboxylic acids is 1. The minimum atomic E-state index is 0.0881. The molecule has 1 amide bonds. The molecule has 2 atom stereocenters. The van der Waals surface area contributed by atoms with Gasteiger partial charge >= 0.3 is 0 Å². The van der Waals surface area contributed by atoms with Gasteiger partial charge in [-0.2, -0.15) is 5.10 Å². The normalized spacial score (nSPS) is 21.2. The molecule has 2 aromatic heterocycles. The largest absolute Gasteiger partial charge is 0.372 e. The molecule has 0 aliphatic carbocycles. The second kappa shape index (κ2) is 6.72. The van der Waals surface area contributed by atoms with Crippen molar-refractivity contribution in [3.05, 3.63) is 12.0 Å². The highest BCUT2D eigenvalue weighted by molar-refractivity contribution is 5.86. The fraction of sp³-hybridized carbons (Fsp3) is 0.625. The van der Waals surface area contributed by atoms with Crippen LogP contribution in [-0.2, 0) is 16.6 Å². The van der Waals surface area contributed by atoms with Crippen molar-refractivity contribution in [3.8, 4) is 0 Å². The number of rotatable bonds is 4. The predicted molar refractivity (Wildman–Crippen MR) is 90.7 cm³/mol. The summed E-state index contributed by atoms with van der Waals surface area (Å²) in [6.45, 7) is 7.68. The van der Waals surface area contributed by atoms with Crippen molar-refractivity contribution < 1.29 is 9.53 Å². The number of aromatic nitrogens is 4. The van der Waals surface area contributed by atoms with Crippen LogP contribution in [0.5, 0.6) is 0 Å². The molecule has 3 heterocycles. The van der Waals surface area contributed by atoms with Crippen LogP contribution in [0.1, 0.15) is 26.1 Å². The van der Waals surface area contributed by atoms with Gasteiger partial charge in [0.2, 0.25) is 5.91 Å². The van der Waals surface area contributed by atoms with Crippen LogP contribution in [0.25, 0.3) is 11.0 Å². The first kappa shape index (κ1) is 16.6. The lowest BCUT2D eigenvalue weighted by atomic mass is 10.2. The third-order valence-electron chi connectivity index (χ3n) is 4.11. The summed E-state index contributed by atoms with van der Waals surface area (Å²) in [6.07, 6.45) is 2.34. The number of hydrogen-bond donors (Lipinski definition) is 1. The minimum Gasteiger partial charge on any atom is -0.372 e. The number of aryl methyl sites for hydroxylation is 2. The molecule has 1 saturated heterocycles. The number of morpholine rings is 1. The molecule has 2 unspecified atom stereocenters. The molecule has 0 aromatic carbocycles. The Morgan fingerprint density at radius 3 is 2.75 bits per heavy atom. The van der Waals surface area contributed by atoms with Gasteiger partial charge in [-0.25, -0.2) is 9.97 Å². The third kappa shape index (κ3) is 3.48. The summed E-state index contributed by atoms with van der Waals surface area (Å²) < 4.78 is 7.39. The molecule has 0 spiro atoms. The molecule has 0 saturated carbocycles. The van der Waals surface area contributed by atoms with Crippen LogP contribution in [0.2, 0.25) is 0 Å². The highest BCUT2D eigenvalue weighted by atomic mass is 16.5. The summed E-state index contributed by atoms with van der Waals surface area (Å²) in [6, 6.07) is 0. The van der Waals surface area contributed by atoms with Gasteiger partial charge in [0.15, 0.2) is 5.65 Å². The lowest BCUT2D eigenvalue weighted by molar-refractivity contribution is -0.142. The van der Waals surface area contributed by atoms with Crippen molar-refractivity contribution in [3.63, 3.8) is 0 Å². The van der Waals surface area contributed by atoms with E-state index in [0.29, 0.717) is 31.9 Å². The van der Waals surface area contributed by atoms with E-state index in [1.165, 1.54) is 0 Å². The molecule has 0 radical (unpaired) electrons. The topological polar surface area (TPSA) is 85.2 Å². The maximum Gasteiger partial charge on any atom is 0.224 e. The maximum atomic E-state index is 12.4. The molecular weight excluding hydrogens is 308 g/mol. The highest BCUT2D eigenvalue weighted by Crippen LogP contribution is 2.19. The number of carbonyl (C=O) groups is 1. The van der Waals surface area contributed by atoms with E-state index >= 15 is 0 Å². The zero-order chi connectivity index (χ0) is 17.3. The van der Waals surface area contributed by atoms with Gasteiger partial charge in [-0.3, -0.25) is 9.48 Å². The van der Waals surface area contributed by atoms with E-state index in [1.54, 1.807) is 10.9 Å². The number of ether oxygens (including phenoxy) is 1. The van der Waals surface area contributed by atoms with Gasteiger partial charge in [-0.1, -0.05) is 0 Å². The second-order valence-electron chi connectivity index (χ2n) is 6.36. The Labute approximate surface area is 141 Å². The first-order valence-corrected chi connectivity index (χ1v) is 8.27. The van der Waals surface area contributed by atoms with Gasteiger partial charge in [-0.05, 0) is 20.8 Å². The Morgan fingerprint density at radius 1 is 1.33 bits per heavy atom. The number of amides is 1. The van der Waals surface area contributed by atoms with Gasteiger partial charge in [0, 0.05) is 33.1 Å². The molecule has 1 aliphatic heterocycles. The van der Waals surface area contributed by atoms with Crippen LogP contribution in [0.15, 0.2) is 6.20 Å². The van der Waals surface area contributed by atoms with Crippen molar-refractivity contribution in [1.82, 2.24) is 24.6 Å². The summed E-state index contributed by atoms with van der Waals surface area (Å²) in [4.78, 5) is 23.1. The second-order valence-corrected chi connectivity index (χ2v) is 6.36. The van der Waals surface area contributed by atoms with Crippen LogP contribution in [0, 0.1) is 6.92 Å². The van der Waals surface area contributed by atoms with Crippen molar-refractivity contribution in [2.24, 2.45) is 7.05 Å². The van der Waals surface area contributed by atoms with Gasteiger partial charge in [0.1, 0.15) is 11.6 Å². The Morgan fingerprint density at radius 2 is 2.04 bits per heavy atom. The molecule has 1 fully saturated rings. The lowest BCUT2D eigenvalue weighted by Gasteiger charge is -2.35. The molecule has 8 heteroatoms. The van der Waals surface area contributed by atoms with Gasteiger partial charge in [0.05, 0.1) is 23.8 Å². The van der Waals surface area contributed by atoms with E-state index in [9.17, 15) is 4.79 Å². The number of anilines is 1. The third-order valence-corrected chi connectivity index (χ3v) is 4.11. The van der Waals surface area contributed by atoms with Gasteiger partial charge in [0.25, 0.3) is 0 Å². The number of nitrogens with zero attached hydrogens (tertiary/aromatic N) is 5. The van der Waals surface area contributed by atoms with Crippen LogP contribution >= 0.6 is 0 Å². The summed E-state index contributed by atoms with van der Waals surface area (Å²) in [5.41, 5.74) is 0.784. The zero-order valence-corrected chi connectivity index (χ0v) is 14.6. The number of fused-ring (bicyclic) bond motifs is 1. The summed E-state index contributed by atoms with van der Waals surface area (Å²) in [5.74, 6) is 1.54. The van der Waals surface area contributed by atoms with Crippen LogP contribution < -0.4 is 5.32 Å². The Kier molecular flexibility index (Phi) is 4.66. The average molecular weight is 332 g/mol. The molecular formula is C16H24N6O2. The fourth-order valence-corrected chi connectivity index (χ4v) is 3.09. The monoisotopic (exact) mass is 332 g/mol. The standard InChI is InChI=1S/C16H24N6O2/c1-10-8-22(9-11(2)24-10)14(23)5-6-17-15-13-7-18-21(4)16(13)20-12(3)19-15/h7,10-11H,5-6,8-9H2,1-4H3,(H,17,19,20). The van der Waals surface area contributed by atoms with Crippen molar-refractivity contribution in [2.75, 3.05) is 25.0 Å². The Bertz CT molecular complexity index is 733. The number of hydrogen-bond acceptors (Lipinski definition) is 6. The van der Waals surface area contributed by atoms with Gasteiger partial charge in [-0.15, -0.1) is 0 Å². The molecule has 1 N–H and O–H groups in total. The lowest BCUT2D eigenvalue weighted by Crippen LogP contribution is -2.48. The SMILES string of the molecule is Cc1nc(NCCC(=O)N2CC(C)OC(C)C2)c2cnn(C)c2n1. The zero-order valence-electron chi connectivity index (χ0n) is 14.6.